The normalized spacial score (nSPS) is 11.7. The lowest BCUT2D eigenvalue weighted by molar-refractivity contribution is 0.582. The number of nitrogens with zero attached hydrogens (tertiary/aromatic N) is 1. The molecule has 0 fully saturated rings. The molecule has 0 unspecified atom stereocenters. The molecule has 0 radical (unpaired) electrons. The summed E-state index contributed by atoms with van der Waals surface area (Å²) < 4.78 is 27.3. The number of nitrogens with one attached hydrogen (secondary N) is 3. The molecule has 2 aromatic heterocycles. The molecule has 0 amide bonds. The van der Waals surface area contributed by atoms with Crippen molar-refractivity contribution >= 4 is 49.6 Å². The van der Waals surface area contributed by atoms with E-state index >= 15 is 0 Å². The van der Waals surface area contributed by atoms with Crippen molar-refractivity contribution in [2.45, 2.75) is 10.6 Å². The zero-order valence-corrected chi connectivity index (χ0v) is 15.3. The van der Waals surface area contributed by atoms with E-state index in [0.717, 1.165) is 16.7 Å². The number of sulfonamides is 1. The molecule has 3 rings (SSSR count). The molecule has 7 nitrogen and oxygen atoms in total. The van der Waals surface area contributed by atoms with Crippen LogP contribution in [0, 0.1) is 0 Å². The Labute approximate surface area is 153 Å². The molecule has 0 aliphatic carbocycles. The maximum Gasteiger partial charge on any atom is 0.272 e. The van der Waals surface area contributed by atoms with Gasteiger partial charge in [-0.15, -0.1) is 11.3 Å². The number of thiophene rings is 1. The number of aromatic nitrogens is 2. The molecule has 0 aliphatic rings. The third-order valence-corrected chi connectivity index (χ3v) is 6.63. The summed E-state index contributed by atoms with van der Waals surface area (Å²) in [7, 11) is -3.53. The van der Waals surface area contributed by atoms with Crippen LogP contribution in [0.1, 0.15) is 6.42 Å². The van der Waals surface area contributed by atoms with Gasteiger partial charge in [-0.1, -0.05) is 29.8 Å². The minimum Gasteiger partial charge on any atom is -0.368 e. The predicted octanol–water partition coefficient (Wildman–Crippen LogP) is 2.42. The van der Waals surface area contributed by atoms with E-state index in [4.69, 9.17) is 11.6 Å². The zero-order chi connectivity index (χ0) is 17.9. The van der Waals surface area contributed by atoms with E-state index in [1.807, 2.05) is 12.1 Å². The molecule has 132 valence electrons. The molecule has 0 saturated heterocycles. The first kappa shape index (κ1) is 17.9. The quantitative estimate of drug-likeness (QED) is 0.530. The van der Waals surface area contributed by atoms with E-state index in [0.29, 0.717) is 28.5 Å². The summed E-state index contributed by atoms with van der Waals surface area (Å²) in [5.41, 5.74) is -0.247. The van der Waals surface area contributed by atoms with E-state index in [2.05, 4.69) is 20.2 Å². The summed E-state index contributed by atoms with van der Waals surface area (Å²) >= 11 is 6.77. The predicted molar refractivity (Wildman–Crippen MR) is 100.0 cm³/mol. The highest BCUT2D eigenvalue weighted by Gasteiger charge is 2.15. The smallest absolute Gasteiger partial charge is 0.272 e. The number of halogens is 1. The van der Waals surface area contributed by atoms with Crippen molar-refractivity contribution in [3.63, 3.8) is 0 Å². The van der Waals surface area contributed by atoms with Crippen molar-refractivity contribution in [1.29, 1.82) is 0 Å². The lowest BCUT2D eigenvalue weighted by Crippen LogP contribution is -2.25. The van der Waals surface area contributed by atoms with Crippen LogP contribution in [0.15, 0.2) is 45.4 Å². The van der Waals surface area contributed by atoms with Gasteiger partial charge >= 0.3 is 0 Å². The molecule has 0 spiro atoms. The number of aromatic amines is 1. The Morgan fingerprint density at radius 2 is 1.88 bits per heavy atom. The van der Waals surface area contributed by atoms with Gasteiger partial charge in [0.1, 0.15) is 4.21 Å². The minimum atomic E-state index is -3.53. The number of anilines is 1. The van der Waals surface area contributed by atoms with Gasteiger partial charge in [0.05, 0.1) is 9.72 Å². The number of benzene rings is 1. The highest BCUT2D eigenvalue weighted by molar-refractivity contribution is 7.91. The van der Waals surface area contributed by atoms with Crippen LogP contribution in [0.3, 0.4) is 0 Å². The summed E-state index contributed by atoms with van der Waals surface area (Å²) in [5, 5.41) is 10.8. The first-order chi connectivity index (χ1) is 12.0. The highest BCUT2D eigenvalue weighted by Crippen LogP contribution is 2.25. The van der Waals surface area contributed by atoms with Gasteiger partial charge < -0.3 is 5.32 Å². The molecule has 25 heavy (non-hydrogen) atoms. The van der Waals surface area contributed by atoms with Crippen molar-refractivity contribution in [2.24, 2.45) is 0 Å². The average molecular weight is 399 g/mol. The van der Waals surface area contributed by atoms with Crippen LogP contribution in [-0.4, -0.2) is 31.7 Å². The molecule has 2 heterocycles. The lowest BCUT2D eigenvalue weighted by Gasteiger charge is -2.08. The fourth-order valence-electron chi connectivity index (χ4n) is 2.26. The van der Waals surface area contributed by atoms with E-state index in [9.17, 15) is 13.2 Å². The fourth-order valence-corrected chi connectivity index (χ4v) is 4.87. The van der Waals surface area contributed by atoms with E-state index in [1.165, 1.54) is 6.07 Å². The summed E-state index contributed by atoms with van der Waals surface area (Å²) in [6.45, 7) is 0.767. The fraction of sp³-hybridized carbons (Fsp3) is 0.200. The number of H-pyrrole nitrogens is 1. The van der Waals surface area contributed by atoms with Crippen molar-refractivity contribution in [3.05, 3.63) is 51.1 Å². The zero-order valence-electron chi connectivity index (χ0n) is 13.0. The third-order valence-electron chi connectivity index (χ3n) is 3.45. The second kappa shape index (κ2) is 7.52. The Hall–Kier alpha value is -1.94. The maximum absolute atomic E-state index is 12.1. The van der Waals surface area contributed by atoms with Gasteiger partial charge in [0.25, 0.3) is 5.56 Å². The van der Waals surface area contributed by atoms with Crippen molar-refractivity contribution in [3.8, 4) is 0 Å². The number of rotatable bonds is 7. The molecule has 0 aliphatic heterocycles. The van der Waals surface area contributed by atoms with Crippen LogP contribution in [-0.2, 0) is 10.0 Å². The van der Waals surface area contributed by atoms with Crippen LogP contribution >= 0.6 is 22.9 Å². The first-order valence-corrected chi connectivity index (χ1v) is 10.1. The van der Waals surface area contributed by atoms with Gasteiger partial charge in [-0.25, -0.2) is 18.2 Å². The van der Waals surface area contributed by atoms with Crippen LogP contribution < -0.4 is 15.6 Å². The van der Waals surface area contributed by atoms with Crippen molar-refractivity contribution in [2.75, 3.05) is 18.4 Å². The largest absolute Gasteiger partial charge is 0.368 e. The summed E-state index contributed by atoms with van der Waals surface area (Å²) in [6.07, 6.45) is 0.549. The van der Waals surface area contributed by atoms with Gasteiger partial charge in [-0.2, -0.15) is 5.10 Å². The monoisotopic (exact) mass is 398 g/mol. The molecule has 3 aromatic rings. The molecule has 10 heteroatoms. The average Bonchev–Trinajstić information content (AvgIpc) is 3.04. The van der Waals surface area contributed by atoms with Gasteiger partial charge in [-0.3, -0.25) is 4.79 Å². The number of hydrogen-bond acceptors (Lipinski definition) is 6. The minimum absolute atomic E-state index is 0.193. The summed E-state index contributed by atoms with van der Waals surface area (Å²) in [6, 6.07) is 10.2. The Morgan fingerprint density at radius 3 is 2.60 bits per heavy atom. The van der Waals surface area contributed by atoms with Crippen LogP contribution in [0.5, 0.6) is 0 Å². The van der Waals surface area contributed by atoms with Gasteiger partial charge in [0, 0.05) is 18.5 Å². The van der Waals surface area contributed by atoms with Crippen molar-refractivity contribution in [1.82, 2.24) is 14.9 Å². The molecule has 0 atom stereocenters. The lowest BCUT2D eigenvalue weighted by atomic mass is 10.2. The number of hydrogen-bond donors (Lipinski definition) is 3. The molecule has 0 saturated carbocycles. The second-order valence-corrected chi connectivity index (χ2v) is 8.89. The van der Waals surface area contributed by atoms with Crippen LogP contribution in [0.2, 0.25) is 4.34 Å². The Morgan fingerprint density at radius 1 is 1.12 bits per heavy atom. The third kappa shape index (κ3) is 4.18. The summed E-state index contributed by atoms with van der Waals surface area (Å²) in [5.74, 6) is 0.558. The molecular formula is C15H15ClN4O3S2. The van der Waals surface area contributed by atoms with E-state index in [-0.39, 0.29) is 16.3 Å². The Balaban J connectivity index is 1.56. The van der Waals surface area contributed by atoms with Crippen molar-refractivity contribution < 1.29 is 8.42 Å². The maximum atomic E-state index is 12.1. The molecule has 3 N–H and O–H groups in total. The molecule has 1 aromatic carbocycles. The van der Waals surface area contributed by atoms with Crippen LogP contribution in [0.4, 0.5) is 5.82 Å². The number of fused-ring (bicyclic) bond motifs is 1. The topological polar surface area (TPSA) is 104 Å². The van der Waals surface area contributed by atoms with Gasteiger partial charge in [0.2, 0.25) is 10.0 Å². The first-order valence-electron chi connectivity index (χ1n) is 7.44. The van der Waals surface area contributed by atoms with Crippen LogP contribution in [0.25, 0.3) is 10.8 Å². The van der Waals surface area contributed by atoms with Gasteiger partial charge in [0.15, 0.2) is 5.82 Å². The Bertz CT molecular complexity index is 1050. The molecular weight excluding hydrogens is 384 g/mol. The second-order valence-electron chi connectivity index (χ2n) is 5.18. The standard InChI is InChI=1S/C15H15ClN4O3S2/c16-12-6-7-13(24-12)25(22,23)18-9-3-8-17-14-10-4-1-2-5-11(10)15(21)20-19-14/h1-2,4-7,18H,3,8-9H2,(H,17,19)(H,20,21). The summed E-state index contributed by atoms with van der Waals surface area (Å²) in [4.78, 5) is 11.7. The van der Waals surface area contributed by atoms with E-state index in [1.54, 1.807) is 18.2 Å². The highest BCUT2D eigenvalue weighted by atomic mass is 35.5. The SMILES string of the molecule is O=c1[nH]nc(NCCCNS(=O)(=O)c2ccc(Cl)s2)c2ccccc12. The molecule has 0 bridgehead atoms. The Kier molecular flexibility index (Phi) is 5.38. The van der Waals surface area contributed by atoms with E-state index < -0.39 is 10.0 Å². The van der Waals surface area contributed by atoms with Gasteiger partial charge in [-0.05, 0) is 24.6 Å².